The second-order valence-corrected chi connectivity index (χ2v) is 7.90. The first-order valence-corrected chi connectivity index (χ1v) is 10.3. The van der Waals surface area contributed by atoms with Gasteiger partial charge in [-0.15, -0.1) is 0 Å². The lowest BCUT2D eigenvalue weighted by atomic mass is 10.1. The molecule has 6 heteroatoms. The van der Waals surface area contributed by atoms with Gasteiger partial charge in [0, 0.05) is 12.2 Å². The van der Waals surface area contributed by atoms with Gasteiger partial charge in [-0.25, -0.2) is 4.98 Å². The number of aromatic nitrogens is 1. The Balaban J connectivity index is 1.69. The summed E-state index contributed by atoms with van der Waals surface area (Å²) in [5.41, 5.74) is 3.24. The van der Waals surface area contributed by atoms with E-state index in [-0.39, 0.29) is 12.0 Å². The summed E-state index contributed by atoms with van der Waals surface area (Å²) in [7, 11) is 0. The normalized spacial score (nSPS) is 16.2. The van der Waals surface area contributed by atoms with Crippen LogP contribution < -0.4 is 4.90 Å². The van der Waals surface area contributed by atoms with Crippen molar-refractivity contribution in [3.8, 4) is 6.07 Å². The van der Waals surface area contributed by atoms with Gasteiger partial charge in [-0.3, -0.25) is 9.69 Å². The number of ether oxygens (including phenoxy) is 1. The molecule has 2 heterocycles. The minimum Gasteiger partial charge on any atom is -0.376 e. The van der Waals surface area contributed by atoms with Gasteiger partial charge in [0.25, 0.3) is 5.91 Å². The van der Waals surface area contributed by atoms with Gasteiger partial charge >= 0.3 is 0 Å². The molecule has 1 aliphatic rings. The second kappa shape index (κ2) is 8.09. The number of hydrogen-bond donors (Lipinski definition) is 0. The smallest absolute Gasteiger partial charge is 0.260 e. The fourth-order valence-corrected chi connectivity index (χ4v) is 4.41. The first kappa shape index (κ1) is 18.6. The minimum absolute atomic E-state index is 0.0283. The lowest BCUT2D eigenvalue weighted by Crippen LogP contribution is -2.37. The van der Waals surface area contributed by atoms with Gasteiger partial charge in [0.15, 0.2) is 5.13 Å². The Morgan fingerprint density at radius 3 is 2.82 bits per heavy atom. The third-order valence-electron chi connectivity index (χ3n) is 5.00. The number of aryl methyl sites for hydroxylation is 1. The summed E-state index contributed by atoms with van der Waals surface area (Å²) < 4.78 is 6.86. The molecular weight excluding hydrogens is 370 g/mol. The molecule has 0 radical (unpaired) electrons. The van der Waals surface area contributed by atoms with Crippen molar-refractivity contribution in [3.63, 3.8) is 0 Å². The molecule has 5 nitrogen and oxygen atoms in total. The number of fused-ring (bicyclic) bond motifs is 1. The van der Waals surface area contributed by atoms with Gasteiger partial charge in [-0.1, -0.05) is 24.3 Å². The van der Waals surface area contributed by atoms with Crippen LogP contribution in [0.5, 0.6) is 0 Å². The van der Waals surface area contributed by atoms with E-state index >= 15 is 0 Å². The number of carbonyl (C=O) groups is 1. The highest BCUT2D eigenvalue weighted by molar-refractivity contribution is 7.22. The third kappa shape index (κ3) is 3.77. The maximum Gasteiger partial charge on any atom is 0.260 e. The molecule has 3 aromatic rings. The summed E-state index contributed by atoms with van der Waals surface area (Å²) in [4.78, 5) is 19.7. The molecule has 1 atom stereocenters. The number of carbonyl (C=O) groups excluding carboxylic acids is 1. The van der Waals surface area contributed by atoms with Crippen LogP contribution in [0.4, 0.5) is 5.13 Å². The van der Waals surface area contributed by atoms with Crippen molar-refractivity contribution in [1.82, 2.24) is 4.98 Å². The van der Waals surface area contributed by atoms with Crippen LogP contribution in [0.15, 0.2) is 42.5 Å². The topological polar surface area (TPSA) is 66.2 Å². The van der Waals surface area contributed by atoms with Crippen LogP contribution in [0, 0.1) is 11.3 Å². The van der Waals surface area contributed by atoms with Crippen molar-refractivity contribution in [1.29, 1.82) is 5.26 Å². The number of thiazole rings is 1. The van der Waals surface area contributed by atoms with E-state index in [0.29, 0.717) is 22.8 Å². The summed E-state index contributed by atoms with van der Waals surface area (Å²) in [5, 5.41) is 9.69. The molecule has 28 heavy (non-hydrogen) atoms. The molecule has 4 rings (SSSR count). The quantitative estimate of drug-likeness (QED) is 0.640. The van der Waals surface area contributed by atoms with E-state index in [2.05, 4.69) is 25.1 Å². The summed E-state index contributed by atoms with van der Waals surface area (Å²) in [6.45, 7) is 3.35. The Kier molecular flexibility index (Phi) is 5.38. The molecular formula is C22H21N3O2S. The van der Waals surface area contributed by atoms with Gasteiger partial charge in [-0.05, 0) is 61.2 Å². The second-order valence-electron chi connectivity index (χ2n) is 6.89. The van der Waals surface area contributed by atoms with Crippen LogP contribution >= 0.6 is 11.3 Å². The maximum absolute atomic E-state index is 13.3. The lowest BCUT2D eigenvalue weighted by molar-refractivity contribution is 0.0917. The van der Waals surface area contributed by atoms with Gasteiger partial charge in [0.1, 0.15) is 0 Å². The summed E-state index contributed by atoms with van der Waals surface area (Å²) in [5.74, 6) is -0.116. The molecule has 0 saturated carbocycles. The lowest BCUT2D eigenvalue weighted by Gasteiger charge is -2.23. The number of hydrogen-bond acceptors (Lipinski definition) is 5. The Labute approximate surface area is 168 Å². The van der Waals surface area contributed by atoms with Crippen LogP contribution in [0.3, 0.4) is 0 Å². The third-order valence-corrected chi connectivity index (χ3v) is 6.04. The zero-order valence-corrected chi connectivity index (χ0v) is 16.5. The standard InChI is InChI=1S/C22H21N3O2S/c1-2-15-7-10-19-20(12-15)28-22(24-19)25(14-18-4-3-11-27-18)21(26)17-8-5-16(13-23)6-9-17/h5-10,12,18H,2-4,11,14H2,1H3. The summed E-state index contributed by atoms with van der Waals surface area (Å²) in [6.07, 6.45) is 2.96. The highest BCUT2D eigenvalue weighted by atomic mass is 32.1. The van der Waals surface area contributed by atoms with E-state index in [4.69, 9.17) is 15.0 Å². The van der Waals surface area contributed by atoms with Crippen LogP contribution in [-0.4, -0.2) is 30.1 Å². The van der Waals surface area contributed by atoms with Crippen molar-refractivity contribution >= 4 is 32.6 Å². The van der Waals surface area contributed by atoms with Gasteiger partial charge in [0.2, 0.25) is 0 Å². The fourth-order valence-electron chi connectivity index (χ4n) is 3.38. The molecule has 0 bridgehead atoms. The SMILES string of the molecule is CCc1ccc2nc(N(CC3CCCO3)C(=O)c3ccc(C#N)cc3)sc2c1. The zero-order valence-electron chi connectivity index (χ0n) is 15.7. The Morgan fingerprint density at radius 1 is 1.32 bits per heavy atom. The van der Waals surface area contributed by atoms with Gasteiger partial charge in [-0.2, -0.15) is 5.26 Å². The van der Waals surface area contributed by atoms with E-state index < -0.39 is 0 Å². The van der Waals surface area contributed by atoms with Crippen molar-refractivity contribution in [3.05, 3.63) is 59.2 Å². The summed E-state index contributed by atoms with van der Waals surface area (Å²) >= 11 is 1.54. The van der Waals surface area contributed by atoms with E-state index in [0.717, 1.165) is 36.1 Å². The number of amides is 1. The number of rotatable bonds is 5. The molecule has 0 N–H and O–H groups in total. The molecule has 1 saturated heterocycles. The first-order chi connectivity index (χ1) is 13.7. The van der Waals surface area contributed by atoms with E-state index in [1.165, 1.54) is 16.9 Å². The first-order valence-electron chi connectivity index (χ1n) is 9.51. The van der Waals surface area contributed by atoms with Crippen molar-refractivity contribution in [2.24, 2.45) is 0 Å². The van der Waals surface area contributed by atoms with Gasteiger partial charge in [0.05, 0.1) is 34.5 Å². The molecule has 1 amide bonds. The van der Waals surface area contributed by atoms with Crippen LogP contribution in [0.25, 0.3) is 10.2 Å². The van der Waals surface area contributed by atoms with Crippen LogP contribution in [0.1, 0.15) is 41.3 Å². The molecule has 1 aromatic heterocycles. The van der Waals surface area contributed by atoms with Gasteiger partial charge < -0.3 is 4.74 Å². The van der Waals surface area contributed by atoms with Crippen LogP contribution in [0.2, 0.25) is 0 Å². The highest BCUT2D eigenvalue weighted by Gasteiger charge is 2.27. The molecule has 1 aliphatic heterocycles. The number of nitriles is 1. The predicted molar refractivity (Wildman–Crippen MR) is 111 cm³/mol. The number of benzene rings is 2. The van der Waals surface area contributed by atoms with E-state index in [1.807, 2.05) is 6.07 Å². The van der Waals surface area contributed by atoms with Crippen molar-refractivity contribution in [2.45, 2.75) is 32.3 Å². The van der Waals surface area contributed by atoms with E-state index in [1.54, 1.807) is 29.2 Å². The molecule has 1 fully saturated rings. The average molecular weight is 391 g/mol. The Morgan fingerprint density at radius 2 is 2.14 bits per heavy atom. The Hall–Kier alpha value is -2.75. The fraction of sp³-hybridized carbons (Fsp3) is 0.318. The molecule has 1 unspecified atom stereocenters. The maximum atomic E-state index is 13.3. The predicted octanol–water partition coefficient (Wildman–Crippen LogP) is 4.56. The number of anilines is 1. The Bertz CT molecular complexity index is 1030. The van der Waals surface area contributed by atoms with E-state index in [9.17, 15) is 4.79 Å². The highest BCUT2D eigenvalue weighted by Crippen LogP contribution is 2.31. The molecule has 0 aliphatic carbocycles. The zero-order chi connectivity index (χ0) is 19.5. The average Bonchev–Trinajstić information content (AvgIpc) is 3.40. The monoisotopic (exact) mass is 391 g/mol. The minimum atomic E-state index is -0.116. The number of nitrogens with zero attached hydrogens (tertiary/aromatic N) is 3. The van der Waals surface area contributed by atoms with Crippen LogP contribution in [-0.2, 0) is 11.2 Å². The van der Waals surface area contributed by atoms with Crippen molar-refractivity contribution in [2.75, 3.05) is 18.1 Å². The molecule has 142 valence electrons. The molecule has 0 spiro atoms. The van der Waals surface area contributed by atoms with Crippen molar-refractivity contribution < 1.29 is 9.53 Å². The summed E-state index contributed by atoms with van der Waals surface area (Å²) in [6, 6.07) is 15.1. The largest absolute Gasteiger partial charge is 0.376 e. The molecule has 2 aromatic carbocycles.